The van der Waals surface area contributed by atoms with Gasteiger partial charge >= 0.3 is 0 Å². The van der Waals surface area contributed by atoms with E-state index in [4.69, 9.17) is 32.7 Å². The molecule has 1 saturated heterocycles. The number of fused-ring (bicyclic) bond motifs is 6. The molecule has 4 atom stereocenters. The lowest BCUT2D eigenvalue weighted by Crippen LogP contribution is -2.49. The molecule has 9 heteroatoms. The van der Waals surface area contributed by atoms with E-state index in [1.54, 1.807) is 30.3 Å². The van der Waals surface area contributed by atoms with Gasteiger partial charge in [0.15, 0.2) is 11.6 Å². The number of nitrogens with zero attached hydrogens (tertiary/aromatic N) is 1. The van der Waals surface area contributed by atoms with Gasteiger partial charge in [-0.25, -0.2) is 0 Å². The summed E-state index contributed by atoms with van der Waals surface area (Å²) in [4.78, 5) is 46.5. The fourth-order valence-corrected chi connectivity index (χ4v) is 7.69. The predicted octanol–water partition coefficient (Wildman–Crippen LogP) is 6.99. The Labute approximate surface area is 264 Å². The van der Waals surface area contributed by atoms with Crippen LogP contribution in [0.4, 0.5) is 5.69 Å². The topological polar surface area (TPSA) is 84.9 Å². The van der Waals surface area contributed by atoms with Crippen molar-refractivity contribution in [2.24, 2.45) is 5.92 Å². The molecule has 3 heterocycles. The summed E-state index contributed by atoms with van der Waals surface area (Å²) in [6.45, 7) is 0. The molecule has 7 nitrogen and oxygen atoms in total. The summed E-state index contributed by atoms with van der Waals surface area (Å²) in [5, 5.41) is 3.57. The summed E-state index contributed by atoms with van der Waals surface area (Å²) < 4.78 is 11.1. The lowest BCUT2D eigenvalue weighted by atomic mass is 9.62. The third-order valence-electron chi connectivity index (χ3n) is 8.99. The van der Waals surface area contributed by atoms with Gasteiger partial charge in [-0.2, -0.15) is 0 Å². The largest absolute Gasteiger partial charge is 0.497 e. The minimum absolute atomic E-state index is 0.155. The van der Waals surface area contributed by atoms with Crippen molar-refractivity contribution in [3.05, 3.63) is 129 Å². The fraction of sp³-hybridized carbons (Fsp3) is 0.171. The van der Waals surface area contributed by atoms with Crippen molar-refractivity contribution in [3.8, 4) is 11.5 Å². The van der Waals surface area contributed by atoms with Crippen molar-refractivity contribution in [1.29, 1.82) is 0 Å². The van der Waals surface area contributed by atoms with Crippen molar-refractivity contribution in [2.45, 2.75) is 17.5 Å². The number of rotatable bonds is 6. The number of Topliss-reactive ketones (excluding diaryl/α,β-unsaturated/α-hetero) is 2. The molecule has 7 rings (SSSR count). The first kappa shape index (κ1) is 28.2. The number of anilines is 1. The molecule has 0 radical (unpaired) electrons. The molecular formula is C35H26Cl2N2O5. The highest BCUT2D eigenvalue weighted by molar-refractivity contribution is 6.37. The van der Waals surface area contributed by atoms with Crippen LogP contribution < -0.4 is 14.8 Å². The number of hydrogen-bond donors (Lipinski definition) is 1. The molecular weight excluding hydrogens is 599 g/mol. The molecule has 0 unspecified atom stereocenters. The van der Waals surface area contributed by atoms with Crippen LogP contribution in [0, 0.1) is 5.92 Å². The van der Waals surface area contributed by atoms with E-state index in [2.05, 4.69) is 5.32 Å². The third kappa shape index (κ3) is 3.92. The Balaban J connectivity index is 1.56. The van der Waals surface area contributed by atoms with Crippen LogP contribution in [-0.4, -0.2) is 42.6 Å². The lowest BCUT2D eigenvalue weighted by molar-refractivity contribution is -0.122. The SMILES string of the molecule is COc1ccc(OC)c(C(=O)[C@H]2[C@H](C(=O)c3ccc(Cl)cc3Cl)N3C=Cc4ccccc4[C@@H]3[C@]23C(=O)Nc2ccccc23)c1. The molecule has 1 amide bonds. The Morgan fingerprint density at radius 3 is 2.41 bits per heavy atom. The van der Waals surface area contributed by atoms with E-state index in [-0.39, 0.29) is 22.1 Å². The van der Waals surface area contributed by atoms with Crippen LogP contribution in [0.15, 0.2) is 91.1 Å². The van der Waals surface area contributed by atoms with Crippen LogP contribution in [-0.2, 0) is 10.2 Å². The van der Waals surface area contributed by atoms with Gasteiger partial charge in [-0.15, -0.1) is 0 Å². The van der Waals surface area contributed by atoms with E-state index >= 15 is 4.79 Å². The van der Waals surface area contributed by atoms with E-state index in [1.807, 2.05) is 65.7 Å². The van der Waals surface area contributed by atoms with Gasteiger partial charge in [0.25, 0.3) is 0 Å². The van der Waals surface area contributed by atoms with E-state index in [1.165, 1.54) is 20.3 Å². The third-order valence-corrected chi connectivity index (χ3v) is 9.54. The van der Waals surface area contributed by atoms with Gasteiger partial charge in [-0.3, -0.25) is 14.4 Å². The van der Waals surface area contributed by atoms with Gasteiger partial charge < -0.3 is 19.7 Å². The van der Waals surface area contributed by atoms with Gasteiger partial charge in [-0.05, 0) is 65.2 Å². The van der Waals surface area contributed by atoms with E-state index in [0.717, 1.165) is 11.1 Å². The number of ether oxygens (including phenoxy) is 2. The zero-order chi connectivity index (χ0) is 30.7. The molecule has 1 fully saturated rings. The number of carbonyl (C=O) groups excluding carboxylic acids is 3. The highest BCUT2D eigenvalue weighted by Crippen LogP contribution is 2.62. The number of ketones is 2. The van der Waals surface area contributed by atoms with E-state index in [9.17, 15) is 9.59 Å². The van der Waals surface area contributed by atoms with Crippen molar-refractivity contribution in [2.75, 3.05) is 19.5 Å². The minimum Gasteiger partial charge on any atom is -0.497 e. The first-order chi connectivity index (χ1) is 21.3. The molecule has 0 aromatic heterocycles. The second kappa shape index (κ2) is 10.5. The summed E-state index contributed by atoms with van der Waals surface area (Å²) >= 11 is 12.8. The first-order valence-electron chi connectivity index (χ1n) is 14.0. The van der Waals surface area contributed by atoms with Crippen LogP contribution in [0.1, 0.15) is 43.4 Å². The Kier molecular flexibility index (Phi) is 6.76. The zero-order valence-electron chi connectivity index (χ0n) is 23.7. The maximum Gasteiger partial charge on any atom is 0.238 e. The van der Waals surface area contributed by atoms with Crippen molar-refractivity contribution in [3.63, 3.8) is 0 Å². The fourth-order valence-electron chi connectivity index (χ4n) is 7.19. The molecule has 1 N–H and O–H groups in total. The molecule has 3 aliphatic heterocycles. The second-order valence-corrected chi connectivity index (χ2v) is 11.8. The van der Waals surface area contributed by atoms with E-state index in [0.29, 0.717) is 27.8 Å². The molecule has 3 aliphatic rings. The summed E-state index contributed by atoms with van der Waals surface area (Å²) in [6.07, 6.45) is 3.71. The highest BCUT2D eigenvalue weighted by Gasteiger charge is 2.71. The van der Waals surface area contributed by atoms with Crippen molar-refractivity contribution in [1.82, 2.24) is 4.90 Å². The Bertz CT molecular complexity index is 1910. The monoisotopic (exact) mass is 624 g/mol. The lowest BCUT2D eigenvalue weighted by Gasteiger charge is -2.38. The summed E-state index contributed by atoms with van der Waals surface area (Å²) in [5.74, 6) is -1.67. The average Bonchev–Trinajstić information content (AvgIpc) is 3.52. The Morgan fingerprint density at radius 2 is 1.64 bits per heavy atom. The smallest absolute Gasteiger partial charge is 0.238 e. The number of nitrogens with one attached hydrogen (secondary N) is 1. The number of benzene rings is 4. The number of amides is 1. The molecule has 1 spiro atoms. The molecule has 44 heavy (non-hydrogen) atoms. The average molecular weight is 626 g/mol. The van der Waals surface area contributed by atoms with Gasteiger partial charge in [0.1, 0.15) is 23.0 Å². The van der Waals surface area contributed by atoms with Crippen LogP contribution in [0.3, 0.4) is 0 Å². The van der Waals surface area contributed by atoms with Crippen molar-refractivity contribution < 1.29 is 23.9 Å². The number of para-hydroxylation sites is 1. The van der Waals surface area contributed by atoms with Gasteiger partial charge in [0, 0.05) is 22.5 Å². The Hall–Kier alpha value is -4.59. The minimum atomic E-state index is -1.50. The second-order valence-electron chi connectivity index (χ2n) is 11.0. The summed E-state index contributed by atoms with van der Waals surface area (Å²) in [6, 6.07) is 22.8. The quantitative estimate of drug-likeness (QED) is 0.233. The summed E-state index contributed by atoms with van der Waals surface area (Å²) in [7, 11) is 2.98. The van der Waals surface area contributed by atoms with Gasteiger partial charge in [-0.1, -0.05) is 65.7 Å². The predicted molar refractivity (Wildman–Crippen MR) is 169 cm³/mol. The van der Waals surface area contributed by atoms with E-state index < -0.39 is 35.0 Å². The van der Waals surface area contributed by atoms with Crippen LogP contribution in [0.2, 0.25) is 10.0 Å². The maximum atomic E-state index is 15.2. The molecule has 220 valence electrons. The number of methoxy groups -OCH3 is 2. The molecule has 0 bridgehead atoms. The number of carbonyl (C=O) groups is 3. The van der Waals surface area contributed by atoms with Crippen LogP contribution >= 0.6 is 23.2 Å². The molecule has 4 aromatic carbocycles. The van der Waals surface area contributed by atoms with Gasteiger partial charge in [0.05, 0.1) is 36.8 Å². The number of halogens is 2. The molecule has 0 aliphatic carbocycles. The van der Waals surface area contributed by atoms with Crippen molar-refractivity contribution >= 4 is 52.4 Å². The zero-order valence-corrected chi connectivity index (χ0v) is 25.2. The van der Waals surface area contributed by atoms with Gasteiger partial charge in [0.2, 0.25) is 5.91 Å². The first-order valence-corrected chi connectivity index (χ1v) is 14.8. The number of hydrogen-bond acceptors (Lipinski definition) is 6. The maximum absolute atomic E-state index is 15.2. The molecule has 4 aromatic rings. The van der Waals surface area contributed by atoms with Crippen LogP contribution in [0.5, 0.6) is 11.5 Å². The Morgan fingerprint density at radius 1 is 0.864 bits per heavy atom. The normalized spacial score (nSPS) is 22.7. The molecule has 0 saturated carbocycles. The van der Waals surface area contributed by atoms with Crippen LogP contribution in [0.25, 0.3) is 6.08 Å². The standard InChI is InChI=1S/C35H26Cl2N2O5/c1-43-21-12-14-28(44-2)24(18-21)31(40)29-30(32(41)23-13-11-20(36)17-26(23)37)39-16-15-19-7-3-4-8-22(19)33(39)35(29)25-9-5-6-10-27(25)38-34(35)42/h3-18,29-30,33H,1-2H3,(H,38,42)/t29-,30-,33-,35-/m1/s1. The summed E-state index contributed by atoms with van der Waals surface area (Å²) in [5.41, 5.74) is 1.86. The highest BCUT2D eigenvalue weighted by atomic mass is 35.5.